The van der Waals surface area contributed by atoms with Gasteiger partial charge >= 0.3 is 0 Å². The molecule has 1 aromatic heterocycles. The van der Waals surface area contributed by atoms with Crippen LogP contribution in [0.4, 0.5) is 10.7 Å². The minimum absolute atomic E-state index is 0.0616. The van der Waals surface area contributed by atoms with Crippen molar-refractivity contribution in [2.75, 3.05) is 5.32 Å². The number of aliphatic hydroxyl groups is 1. The number of hydrogen-bond acceptors (Lipinski definition) is 6. The maximum Gasteiger partial charge on any atom is 0.271 e. The zero-order valence-electron chi connectivity index (χ0n) is 17.9. The third kappa shape index (κ3) is 5.49. The molecule has 33 heavy (non-hydrogen) atoms. The minimum Gasteiger partial charge on any atom is -0.457 e. The molecule has 0 fully saturated rings. The molecule has 0 saturated heterocycles. The van der Waals surface area contributed by atoms with Gasteiger partial charge in [0.25, 0.3) is 5.56 Å². The van der Waals surface area contributed by atoms with Gasteiger partial charge in [0.1, 0.15) is 34.0 Å². The monoisotopic (exact) mass is 460 g/mol. The number of nitrogens with two attached hydrogens (primary N) is 1. The highest BCUT2D eigenvalue weighted by Gasteiger charge is 2.19. The summed E-state index contributed by atoms with van der Waals surface area (Å²) >= 11 is 1.13. The van der Waals surface area contributed by atoms with Crippen LogP contribution in [0.25, 0.3) is 0 Å². The van der Waals surface area contributed by atoms with E-state index < -0.39 is 12.1 Å². The summed E-state index contributed by atoms with van der Waals surface area (Å²) < 4.78 is 8.50. The van der Waals surface area contributed by atoms with Crippen molar-refractivity contribution >= 4 is 28.1 Å². The Balaban J connectivity index is 1.49. The van der Waals surface area contributed by atoms with Crippen molar-refractivity contribution in [2.24, 2.45) is 10.7 Å². The smallest absolute Gasteiger partial charge is 0.271 e. The van der Waals surface area contributed by atoms with Crippen LogP contribution in [0.15, 0.2) is 94.7 Å². The molecule has 0 aliphatic carbocycles. The fraction of sp³-hybridized carbons (Fsp3) is 0.120. The second kappa shape index (κ2) is 10.2. The molecule has 3 aromatic carbocycles. The van der Waals surface area contributed by atoms with Gasteiger partial charge in [-0.15, -0.1) is 0 Å². The normalized spacial score (nSPS) is 13.3. The van der Waals surface area contributed by atoms with Crippen molar-refractivity contribution in [3.8, 4) is 11.5 Å². The molecule has 168 valence electrons. The van der Waals surface area contributed by atoms with Crippen LogP contribution in [0, 0.1) is 0 Å². The van der Waals surface area contributed by atoms with Crippen LogP contribution in [0.3, 0.4) is 0 Å². The number of aromatic amines is 1. The van der Waals surface area contributed by atoms with Gasteiger partial charge in [-0.1, -0.05) is 48.5 Å². The van der Waals surface area contributed by atoms with Crippen molar-refractivity contribution in [2.45, 2.75) is 19.1 Å². The maximum absolute atomic E-state index is 12.4. The Labute approximate surface area is 195 Å². The Morgan fingerprint density at radius 3 is 2.27 bits per heavy atom. The molecule has 4 aromatic rings. The summed E-state index contributed by atoms with van der Waals surface area (Å²) in [5.41, 5.74) is 7.59. The van der Waals surface area contributed by atoms with Crippen LogP contribution in [0.5, 0.6) is 11.5 Å². The number of nitrogens with one attached hydrogen (secondary N) is 2. The first-order valence-electron chi connectivity index (χ1n) is 10.4. The number of rotatable bonds is 8. The number of para-hydroxylation sites is 1. The Kier molecular flexibility index (Phi) is 6.87. The molecule has 0 saturated carbocycles. The average Bonchev–Trinajstić information content (AvgIpc) is 3.21. The number of hydrogen-bond donors (Lipinski definition) is 4. The molecule has 4 rings (SSSR count). The van der Waals surface area contributed by atoms with Gasteiger partial charge in [0, 0.05) is 5.69 Å². The van der Waals surface area contributed by atoms with E-state index in [-0.39, 0.29) is 17.0 Å². The first kappa shape index (κ1) is 22.3. The number of amidine groups is 1. The number of nitrogens with zero attached hydrogens (tertiary/aromatic N) is 1. The predicted octanol–water partition coefficient (Wildman–Crippen LogP) is 4.80. The van der Waals surface area contributed by atoms with E-state index in [2.05, 4.69) is 14.7 Å². The van der Waals surface area contributed by atoms with Crippen molar-refractivity contribution < 1.29 is 9.84 Å². The third-order valence-electron chi connectivity index (χ3n) is 4.99. The van der Waals surface area contributed by atoms with Crippen LogP contribution >= 0.6 is 11.5 Å². The van der Waals surface area contributed by atoms with Crippen LogP contribution in [0.1, 0.15) is 24.2 Å². The van der Waals surface area contributed by atoms with Crippen molar-refractivity contribution in [3.63, 3.8) is 0 Å². The maximum atomic E-state index is 12.4. The SMILES string of the molecule is C[C@H](N=C(N)c1c(Nc2ccc(Oc3ccccc3)cc2)s[nH]c1=O)[C@@H](O)c1ccccc1. The summed E-state index contributed by atoms with van der Waals surface area (Å²) in [5.74, 6) is 1.51. The number of benzene rings is 3. The highest BCUT2D eigenvalue weighted by Crippen LogP contribution is 2.27. The van der Waals surface area contributed by atoms with Gasteiger partial charge in [-0.05, 0) is 60.4 Å². The second-order valence-corrected chi connectivity index (χ2v) is 8.23. The van der Waals surface area contributed by atoms with Gasteiger partial charge in [0.05, 0.1) is 6.04 Å². The van der Waals surface area contributed by atoms with E-state index in [4.69, 9.17) is 10.5 Å². The number of ether oxygens (including phenoxy) is 1. The van der Waals surface area contributed by atoms with E-state index in [9.17, 15) is 9.90 Å². The average molecular weight is 461 g/mol. The molecule has 0 bridgehead atoms. The molecule has 0 radical (unpaired) electrons. The minimum atomic E-state index is -0.837. The quantitative estimate of drug-likeness (QED) is 0.223. The molecule has 1 heterocycles. The second-order valence-electron chi connectivity index (χ2n) is 7.41. The number of anilines is 2. The Morgan fingerprint density at radius 1 is 1.00 bits per heavy atom. The lowest BCUT2D eigenvalue weighted by Gasteiger charge is -2.16. The summed E-state index contributed by atoms with van der Waals surface area (Å²) in [6.45, 7) is 1.75. The van der Waals surface area contributed by atoms with Crippen molar-refractivity contribution in [1.82, 2.24) is 4.37 Å². The van der Waals surface area contributed by atoms with Gasteiger partial charge in [0.2, 0.25) is 0 Å². The van der Waals surface area contributed by atoms with Gasteiger partial charge in [-0.3, -0.25) is 14.2 Å². The molecular formula is C25H24N4O3S. The zero-order valence-corrected chi connectivity index (χ0v) is 18.8. The molecule has 0 aliphatic heterocycles. The molecule has 0 aliphatic rings. The van der Waals surface area contributed by atoms with E-state index in [1.807, 2.05) is 84.9 Å². The first-order valence-corrected chi connectivity index (χ1v) is 11.2. The lowest BCUT2D eigenvalue weighted by Crippen LogP contribution is -2.25. The standard InChI is InChI=1S/C25H24N4O3S/c1-16(22(30)17-8-4-2-5-9-17)27-23(26)21-24(31)29-33-25(21)28-18-12-14-20(15-13-18)32-19-10-6-3-7-11-19/h2-16,22,28,30H,1H3,(H2,26,27)(H,29,31)/t16-,22+/m0/s1. The number of aliphatic hydroxyl groups excluding tert-OH is 1. The summed E-state index contributed by atoms with van der Waals surface area (Å²) in [4.78, 5) is 16.8. The van der Waals surface area contributed by atoms with E-state index in [1.54, 1.807) is 6.92 Å². The van der Waals surface area contributed by atoms with Crippen molar-refractivity contribution in [1.29, 1.82) is 0 Å². The fourth-order valence-electron chi connectivity index (χ4n) is 3.27. The van der Waals surface area contributed by atoms with Gasteiger partial charge < -0.3 is 20.9 Å². The lowest BCUT2D eigenvalue weighted by molar-refractivity contribution is 0.154. The van der Waals surface area contributed by atoms with E-state index in [0.717, 1.165) is 28.5 Å². The Morgan fingerprint density at radius 2 is 1.61 bits per heavy atom. The summed E-state index contributed by atoms with van der Waals surface area (Å²) in [6.07, 6.45) is -0.837. The number of aliphatic imine (C=N–C) groups is 1. The summed E-state index contributed by atoms with van der Waals surface area (Å²) in [5, 5.41) is 14.3. The molecule has 5 N–H and O–H groups in total. The fourth-order valence-corrected chi connectivity index (χ4v) is 4.03. The lowest BCUT2D eigenvalue weighted by atomic mass is 10.0. The Bertz CT molecular complexity index is 1270. The molecule has 7 nitrogen and oxygen atoms in total. The Hall–Kier alpha value is -3.88. The molecule has 0 spiro atoms. The van der Waals surface area contributed by atoms with Gasteiger partial charge in [-0.2, -0.15) is 0 Å². The van der Waals surface area contributed by atoms with Crippen LogP contribution < -0.4 is 21.3 Å². The van der Waals surface area contributed by atoms with Crippen LogP contribution in [-0.4, -0.2) is 21.4 Å². The zero-order chi connectivity index (χ0) is 23.2. The van der Waals surface area contributed by atoms with Gasteiger partial charge in [-0.25, -0.2) is 0 Å². The van der Waals surface area contributed by atoms with Gasteiger partial charge in [0.15, 0.2) is 0 Å². The highest BCUT2D eigenvalue weighted by molar-refractivity contribution is 7.10. The van der Waals surface area contributed by atoms with Crippen LogP contribution in [0.2, 0.25) is 0 Å². The van der Waals surface area contributed by atoms with E-state index in [1.165, 1.54) is 0 Å². The molecular weight excluding hydrogens is 436 g/mol. The van der Waals surface area contributed by atoms with Crippen molar-refractivity contribution in [3.05, 3.63) is 106 Å². The molecule has 0 amide bonds. The van der Waals surface area contributed by atoms with Crippen LogP contribution in [-0.2, 0) is 0 Å². The first-order chi connectivity index (χ1) is 16.0. The molecule has 0 unspecified atom stereocenters. The molecule has 2 atom stereocenters. The predicted molar refractivity (Wildman–Crippen MR) is 133 cm³/mol. The topological polar surface area (TPSA) is 113 Å². The molecule has 8 heteroatoms. The summed E-state index contributed by atoms with van der Waals surface area (Å²) in [7, 11) is 0. The largest absolute Gasteiger partial charge is 0.457 e. The number of aromatic nitrogens is 1. The third-order valence-corrected chi connectivity index (χ3v) is 5.79. The number of H-pyrrole nitrogens is 1. The highest BCUT2D eigenvalue weighted by atomic mass is 32.1. The van der Waals surface area contributed by atoms with E-state index in [0.29, 0.717) is 10.8 Å². The van der Waals surface area contributed by atoms with E-state index >= 15 is 0 Å². The summed E-state index contributed by atoms with van der Waals surface area (Å²) in [6, 6.07) is 25.6.